The first-order chi connectivity index (χ1) is 19.3. The third-order valence-corrected chi connectivity index (χ3v) is 8.06. The second-order valence-electron chi connectivity index (χ2n) is 9.28. The molecular formula is C36H29N2P. The molecule has 1 atom stereocenters. The van der Waals surface area contributed by atoms with Crippen molar-refractivity contribution in [2.24, 2.45) is 0 Å². The van der Waals surface area contributed by atoms with Gasteiger partial charge < -0.3 is 9.99 Å². The van der Waals surface area contributed by atoms with Gasteiger partial charge in [0.1, 0.15) is 0 Å². The lowest BCUT2D eigenvalue weighted by Crippen LogP contribution is -2.14. The molecule has 0 aliphatic carbocycles. The zero-order chi connectivity index (χ0) is 26.3. The number of nitrogens with one attached hydrogen (secondary N) is 1. The second-order valence-corrected chi connectivity index (χ2v) is 10.5. The number of nitrogens with zero attached hydrogens (tertiary/aromatic N) is 1. The van der Waals surface area contributed by atoms with E-state index in [4.69, 9.17) is 0 Å². The fraction of sp³-hybridized carbons (Fsp3) is 0. The molecule has 0 radical (unpaired) electrons. The molecular weight excluding hydrogens is 491 g/mol. The highest BCUT2D eigenvalue weighted by Crippen LogP contribution is 2.42. The van der Waals surface area contributed by atoms with Gasteiger partial charge >= 0.3 is 0 Å². The highest BCUT2D eigenvalue weighted by Gasteiger charge is 2.17. The van der Waals surface area contributed by atoms with E-state index in [1.165, 1.54) is 27.6 Å². The van der Waals surface area contributed by atoms with Crippen LogP contribution in [0.3, 0.4) is 0 Å². The molecule has 0 heterocycles. The normalized spacial score (nSPS) is 11.0. The summed E-state index contributed by atoms with van der Waals surface area (Å²) in [5, 5.41) is 4.94. The molecule has 1 unspecified atom stereocenters. The smallest absolute Gasteiger partial charge is 0.0684 e. The molecule has 6 rings (SSSR count). The molecule has 2 nitrogen and oxygen atoms in total. The molecule has 6 aromatic carbocycles. The molecule has 0 saturated carbocycles. The van der Waals surface area contributed by atoms with Crippen LogP contribution in [0.5, 0.6) is 0 Å². The SMILES string of the molecule is c1ccc(Nc2ccccc2N(Pc2ccc(-c3ccccc3)cc2-c2ccccc2)c2ccccc2)cc1. The van der Waals surface area contributed by atoms with Crippen LogP contribution in [0.4, 0.5) is 22.7 Å². The molecule has 3 heteroatoms. The number of rotatable bonds is 8. The summed E-state index contributed by atoms with van der Waals surface area (Å²) in [5.74, 6) is 0. The Labute approximate surface area is 232 Å². The van der Waals surface area contributed by atoms with Crippen molar-refractivity contribution in [3.63, 3.8) is 0 Å². The predicted octanol–water partition coefficient (Wildman–Crippen LogP) is 9.82. The van der Waals surface area contributed by atoms with Crippen LogP contribution >= 0.6 is 8.73 Å². The molecule has 1 N–H and O–H groups in total. The fourth-order valence-corrected chi connectivity index (χ4v) is 6.05. The first-order valence-corrected chi connectivity index (χ1v) is 14.1. The van der Waals surface area contributed by atoms with Gasteiger partial charge in [-0.15, -0.1) is 0 Å². The van der Waals surface area contributed by atoms with Gasteiger partial charge in [0.05, 0.1) is 11.4 Å². The first-order valence-electron chi connectivity index (χ1n) is 13.1. The van der Waals surface area contributed by atoms with Gasteiger partial charge in [-0.1, -0.05) is 121 Å². The molecule has 0 bridgehead atoms. The lowest BCUT2D eigenvalue weighted by molar-refractivity contribution is 1.41. The Morgan fingerprint density at radius 3 is 1.72 bits per heavy atom. The molecule has 0 fully saturated rings. The Bertz CT molecular complexity index is 1640. The zero-order valence-electron chi connectivity index (χ0n) is 21.5. The maximum Gasteiger partial charge on any atom is 0.0684 e. The monoisotopic (exact) mass is 520 g/mol. The van der Waals surface area contributed by atoms with Gasteiger partial charge in [-0.2, -0.15) is 0 Å². The van der Waals surface area contributed by atoms with Crippen molar-refractivity contribution in [1.29, 1.82) is 0 Å². The van der Waals surface area contributed by atoms with E-state index in [-0.39, 0.29) is 0 Å². The molecule has 0 aliphatic heterocycles. The molecule has 6 aromatic rings. The minimum atomic E-state index is 0.379. The van der Waals surface area contributed by atoms with E-state index in [2.05, 4.69) is 168 Å². The van der Waals surface area contributed by atoms with E-state index < -0.39 is 0 Å². The van der Waals surface area contributed by atoms with Gasteiger partial charge in [0.25, 0.3) is 0 Å². The molecule has 0 spiro atoms. The number of anilines is 4. The minimum absolute atomic E-state index is 0.379. The molecule has 0 aromatic heterocycles. The van der Waals surface area contributed by atoms with Crippen LogP contribution < -0.4 is 15.3 Å². The summed E-state index contributed by atoms with van der Waals surface area (Å²) in [4.78, 5) is 0. The van der Waals surface area contributed by atoms with E-state index in [0.29, 0.717) is 8.73 Å². The third-order valence-electron chi connectivity index (χ3n) is 6.66. The van der Waals surface area contributed by atoms with Crippen LogP contribution in [0, 0.1) is 0 Å². The summed E-state index contributed by atoms with van der Waals surface area (Å²) in [6.07, 6.45) is 0. The van der Waals surface area contributed by atoms with Crippen molar-refractivity contribution in [2.45, 2.75) is 0 Å². The topological polar surface area (TPSA) is 15.3 Å². The van der Waals surface area contributed by atoms with Crippen molar-refractivity contribution in [3.05, 3.63) is 164 Å². The van der Waals surface area contributed by atoms with Crippen LogP contribution in [0.1, 0.15) is 0 Å². The van der Waals surface area contributed by atoms with E-state index in [1.54, 1.807) is 0 Å². The maximum atomic E-state index is 3.65. The molecule has 0 saturated heterocycles. The van der Waals surface area contributed by atoms with Gasteiger partial charge in [-0.05, 0) is 64.7 Å². The average Bonchev–Trinajstić information content (AvgIpc) is 3.02. The number of benzene rings is 6. The van der Waals surface area contributed by atoms with Crippen LogP contribution in [-0.4, -0.2) is 0 Å². The molecule has 39 heavy (non-hydrogen) atoms. The molecule has 188 valence electrons. The van der Waals surface area contributed by atoms with Gasteiger partial charge in [-0.25, -0.2) is 0 Å². The van der Waals surface area contributed by atoms with Crippen LogP contribution in [0.25, 0.3) is 22.3 Å². The Morgan fingerprint density at radius 1 is 0.462 bits per heavy atom. The van der Waals surface area contributed by atoms with Crippen LogP contribution in [-0.2, 0) is 0 Å². The summed E-state index contributed by atoms with van der Waals surface area (Å²) in [6.45, 7) is 0. The van der Waals surface area contributed by atoms with Gasteiger partial charge in [0.15, 0.2) is 0 Å². The van der Waals surface area contributed by atoms with Gasteiger partial charge in [-0.3, -0.25) is 0 Å². The summed E-state index contributed by atoms with van der Waals surface area (Å²) in [6, 6.07) is 57.8. The lowest BCUT2D eigenvalue weighted by Gasteiger charge is -2.28. The maximum absolute atomic E-state index is 3.65. The highest BCUT2D eigenvalue weighted by molar-refractivity contribution is 7.50. The highest BCUT2D eigenvalue weighted by atomic mass is 31.1. The Hall–Kier alpha value is -4.65. The molecule has 0 aliphatic rings. The van der Waals surface area contributed by atoms with Crippen molar-refractivity contribution >= 4 is 36.8 Å². The van der Waals surface area contributed by atoms with E-state index in [0.717, 1.165) is 22.7 Å². The summed E-state index contributed by atoms with van der Waals surface area (Å²) in [5.41, 5.74) is 9.36. The Morgan fingerprint density at radius 2 is 1.03 bits per heavy atom. The van der Waals surface area contributed by atoms with Crippen molar-refractivity contribution in [2.75, 3.05) is 9.99 Å². The predicted molar refractivity (Wildman–Crippen MR) is 170 cm³/mol. The standard InChI is InChI=1S/C36H29N2P/c1-5-15-28(16-6-1)30-25-26-36(33(27-30)29-17-7-2-8-18-29)39-38(32-21-11-4-12-22-32)35-24-14-13-23-34(35)37-31-19-9-3-10-20-31/h1-27,37,39H. The van der Waals surface area contributed by atoms with E-state index in [9.17, 15) is 0 Å². The fourth-order valence-electron chi connectivity index (χ4n) is 4.72. The van der Waals surface area contributed by atoms with Crippen molar-refractivity contribution in [3.8, 4) is 22.3 Å². The van der Waals surface area contributed by atoms with E-state index in [1.807, 2.05) is 6.07 Å². The Kier molecular flexibility index (Phi) is 7.47. The minimum Gasteiger partial charge on any atom is -0.354 e. The van der Waals surface area contributed by atoms with Gasteiger partial charge in [0.2, 0.25) is 0 Å². The third kappa shape index (κ3) is 5.77. The number of hydrogen-bond donors (Lipinski definition) is 1. The van der Waals surface area contributed by atoms with Crippen molar-refractivity contribution in [1.82, 2.24) is 0 Å². The quantitative estimate of drug-likeness (QED) is 0.201. The Balaban J connectivity index is 1.46. The summed E-state index contributed by atoms with van der Waals surface area (Å²) < 4.78 is 2.43. The lowest BCUT2D eigenvalue weighted by atomic mass is 9.99. The summed E-state index contributed by atoms with van der Waals surface area (Å²) >= 11 is 0. The summed E-state index contributed by atoms with van der Waals surface area (Å²) in [7, 11) is 0.379. The second kappa shape index (κ2) is 11.8. The van der Waals surface area contributed by atoms with E-state index >= 15 is 0 Å². The molecule has 0 amide bonds. The number of para-hydroxylation sites is 4. The first kappa shape index (κ1) is 24.7. The van der Waals surface area contributed by atoms with Crippen molar-refractivity contribution < 1.29 is 0 Å². The average molecular weight is 521 g/mol. The number of hydrogen-bond acceptors (Lipinski definition) is 2. The van der Waals surface area contributed by atoms with Gasteiger partial charge in [0, 0.05) is 25.4 Å². The van der Waals surface area contributed by atoms with Crippen LogP contribution in [0.2, 0.25) is 0 Å². The zero-order valence-corrected chi connectivity index (χ0v) is 22.5. The largest absolute Gasteiger partial charge is 0.354 e. The van der Waals surface area contributed by atoms with Crippen LogP contribution in [0.15, 0.2) is 164 Å².